The van der Waals surface area contributed by atoms with Gasteiger partial charge in [-0.05, 0) is 36.3 Å². The highest BCUT2D eigenvalue weighted by molar-refractivity contribution is 5.49. The highest BCUT2D eigenvalue weighted by Crippen LogP contribution is 2.19. The van der Waals surface area contributed by atoms with Gasteiger partial charge in [0.05, 0.1) is 0 Å². The third kappa shape index (κ3) is 5.53. The minimum atomic E-state index is 0.678. The van der Waals surface area contributed by atoms with E-state index in [1.54, 1.807) is 0 Å². The van der Waals surface area contributed by atoms with Crippen LogP contribution in [-0.4, -0.2) is 0 Å². The van der Waals surface area contributed by atoms with Crippen molar-refractivity contribution in [3.8, 4) is 0 Å². The quantitative estimate of drug-likeness (QED) is 0.479. The SMILES string of the molecule is CCCCCCC=Cc1ccc(C(C)CC)cc1. The molecule has 0 heterocycles. The molecular formula is C18H28. The van der Waals surface area contributed by atoms with Gasteiger partial charge >= 0.3 is 0 Å². The van der Waals surface area contributed by atoms with Gasteiger partial charge in [-0.15, -0.1) is 0 Å². The summed E-state index contributed by atoms with van der Waals surface area (Å²) < 4.78 is 0. The largest absolute Gasteiger partial charge is 0.0839 e. The van der Waals surface area contributed by atoms with Crippen molar-refractivity contribution in [1.29, 1.82) is 0 Å². The Morgan fingerprint density at radius 1 is 1.00 bits per heavy atom. The fourth-order valence-electron chi connectivity index (χ4n) is 2.08. The van der Waals surface area contributed by atoms with Crippen LogP contribution in [0.3, 0.4) is 0 Å². The van der Waals surface area contributed by atoms with Crippen LogP contribution in [0.25, 0.3) is 6.08 Å². The van der Waals surface area contributed by atoms with Crippen molar-refractivity contribution in [2.45, 2.75) is 65.2 Å². The van der Waals surface area contributed by atoms with E-state index in [-0.39, 0.29) is 0 Å². The van der Waals surface area contributed by atoms with E-state index in [0.717, 1.165) is 0 Å². The van der Waals surface area contributed by atoms with Crippen LogP contribution >= 0.6 is 0 Å². The monoisotopic (exact) mass is 244 g/mol. The molecule has 0 nitrogen and oxygen atoms in total. The summed E-state index contributed by atoms with van der Waals surface area (Å²) >= 11 is 0. The first-order valence-corrected chi connectivity index (χ1v) is 7.54. The molecule has 1 aromatic rings. The number of unbranched alkanes of at least 4 members (excludes halogenated alkanes) is 4. The van der Waals surface area contributed by atoms with Crippen LogP contribution in [0, 0.1) is 0 Å². The average Bonchev–Trinajstić information content (AvgIpc) is 2.42. The molecule has 18 heavy (non-hydrogen) atoms. The first kappa shape index (κ1) is 15.0. The smallest absolute Gasteiger partial charge is 0.0193 e. The maximum atomic E-state index is 2.31. The molecular weight excluding hydrogens is 216 g/mol. The van der Waals surface area contributed by atoms with Gasteiger partial charge in [0.2, 0.25) is 0 Å². The molecule has 0 fully saturated rings. The predicted molar refractivity (Wildman–Crippen MR) is 82.9 cm³/mol. The second-order valence-corrected chi connectivity index (χ2v) is 5.23. The van der Waals surface area contributed by atoms with E-state index >= 15 is 0 Å². The first-order valence-electron chi connectivity index (χ1n) is 7.54. The lowest BCUT2D eigenvalue weighted by molar-refractivity contribution is 0.675. The zero-order chi connectivity index (χ0) is 13.2. The van der Waals surface area contributed by atoms with Crippen molar-refractivity contribution in [1.82, 2.24) is 0 Å². The molecule has 0 aliphatic rings. The Morgan fingerprint density at radius 2 is 1.72 bits per heavy atom. The van der Waals surface area contributed by atoms with E-state index in [4.69, 9.17) is 0 Å². The molecule has 0 amide bonds. The second-order valence-electron chi connectivity index (χ2n) is 5.23. The summed E-state index contributed by atoms with van der Waals surface area (Å²) in [5.74, 6) is 0.678. The van der Waals surface area contributed by atoms with E-state index < -0.39 is 0 Å². The summed E-state index contributed by atoms with van der Waals surface area (Å²) in [5, 5.41) is 0. The lowest BCUT2D eigenvalue weighted by Crippen LogP contribution is -1.90. The van der Waals surface area contributed by atoms with E-state index in [9.17, 15) is 0 Å². The molecule has 1 rings (SSSR count). The lowest BCUT2D eigenvalue weighted by atomic mass is 9.97. The molecule has 1 unspecified atom stereocenters. The van der Waals surface area contributed by atoms with Gasteiger partial charge in [-0.1, -0.05) is 76.5 Å². The van der Waals surface area contributed by atoms with Gasteiger partial charge in [-0.2, -0.15) is 0 Å². The Bertz CT molecular complexity index is 332. The zero-order valence-corrected chi connectivity index (χ0v) is 12.3. The lowest BCUT2D eigenvalue weighted by Gasteiger charge is -2.08. The Labute approximate surface area is 113 Å². The fraction of sp³-hybridized carbons (Fsp3) is 0.556. The second kappa shape index (κ2) is 8.97. The van der Waals surface area contributed by atoms with Crippen LogP contribution in [0.4, 0.5) is 0 Å². The molecule has 0 N–H and O–H groups in total. The molecule has 0 spiro atoms. The minimum Gasteiger partial charge on any atom is -0.0839 e. The normalized spacial score (nSPS) is 13.1. The van der Waals surface area contributed by atoms with Gasteiger partial charge < -0.3 is 0 Å². The van der Waals surface area contributed by atoms with E-state index in [1.807, 2.05) is 0 Å². The molecule has 0 saturated carbocycles. The molecule has 0 bridgehead atoms. The summed E-state index contributed by atoms with van der Waals surface area (Å²) in [6.07, 6.45) is 12.4. The summed E-state index contributed by atoms with van der Waals surface area (Å²) in [4.78, 5) is 0. The molecule has 0 aliphatic carbocycles. The predicted octanol–water partition coefficient (Wildman–Crippen LogP) is 6.18. The zero-order valence-electron chi connectivity index (χ0n) is 12.3. The van der Waals surface area contributed by atoms with Crippen LogP contribution < -0.4 is 0 Å². The van der Waals surface area contributed by atoms with Gasteiger partial charge in [-0.3, -0.25) is 0 Å². The number of benzene rings is 1. The topological polar surface area (TPSA) is 0 Å². The average molecular weight is 244 g/mol. The first-order chi connectivity index (χ1) is 8.77. The summed E-state index contributed by atoms with van der Waals surface area (Å²) in [7, 11) is 0. The van der Waals surface area contributed by atoms with E-state index in [2.05, 4.69) is 57.2 Å². The molecule has 100 valence electrons. The summed E-state index contributed by atoms with van der Waals surface area (Å²) in [5.41, 5.74) is 2.79. The Hall–Kier alpha value is -1.04. The van der Waals surface area contributed by atoms with Gasteiger partial charge in [0.1, 0.15) is 0 Å². The number of allylic oxidation sites excluding steroid dienone is 1. The fourth-order valence-corrected chi connectivity index (χ4v) is 2.08. The minimum absolute atomic E-state index is 0.678. The van der Waals surface area contributed by atoms with Crippen LogP contribution in [-0.2, 0) is 0 Å². The molecule has 1 aromatic carbocycles. The van der Waals surface area contributed by atoms with Crippen molar-refractivity contribution in [3.05, 3.63) is 41.5 Å². The van der Waals surface area contributed by atoms with Crippen molar-refractivity contribution < 1.29 is 0 Å². The van der Waals surface area contributed by atoms with Crippen LogP contribution in [0.15, 0.2) is 30.3 Å². The van der Waals surface area contributed by atoms with Crippen LogP contribution in [0.2, 0.25) is 0 Å². The Balaban J connectivity index is 2.36. The van der Waals surface area contributed by atoms with E-state index in [0.29, 0.717) is 5.92 Å². The van der Waals surface area contributed by atoms with Crippen molar-refractivity contribution in [2.75, 3.05) is 0 Å². The molecule has 0 saturated heterocycles. The third-order valence-corrected chi connectivity index (χ3v) is 3.65. The molecule has 0 radical (unpaired) electrons. The number of hydrogen-bond acceptors (Lipinski definition) is 0. The van der Waals surface area contributed by atoms with Crippen molar-refractivity contribution in [3.63, 3.8) is 0 Å². The molecule has 0 heteroatoms. The Kier molecular flexibility index (Phi) is 7.48. The molecule has 0 aromatic heterocycles. The van der Waals surface area contributed by atoms with Crippen molar-refractivity contribution >= 4 is 6.08 Å². The highest BCUT2D eigenvalue weighted by atomic mass is 14.1. The maximum absolute atomic E-state index is 2.31. The van der Waals surface area contributed by atoms with Crippen LogP contribution in [0.5, 0.6) is 0 Å². The van der Waals surface area contributed by atoms with Crippen LogP contribution in [0.1, 0.15) is 76.3 Å². The standard InChI is InChI=1S/C18H28/c1-4-6-7-8-9-10-11-17-12-14-18(15-13-17)16(3)5-2/h10-16H,4-9H2,1-3H3. The third-order valence-electron chi connectivity index (χ3n) is 3.65. The van der Waals surface area contributed by atoms with E-state index in [1.165, 1.54) is 49.7 Å². The Morgan fingerprint density at radius 3 is 2.33 bits per heavy atom. The summed E-state index contributed by atoms with van der Waals surface area (Å²) in [6, 6.07) is 9.02. The van der Waals surface area contributed by atoms with Gasteiger partial charge in [0.25, 0.3) is 0 Å². The summed E-state index contributed by atoms with van der Waals surface area (Å²) in [6.45, 7) is 6.79. The van der Waals surface area contributed by atoms with Crippen molar-refractivity contribution in [2.24, 2.45) is 0 Å². The number of hydrogen-bond donors (Lipinski definition) is 0. The van der Waals surface area contributed by atoms with Gasteiger partial charge in [0, 0.05) is 0 Å². The van der Waals surface area contributed by atoms with Gasteiger partial charge in [-0.25, -0.2) is 0 Å². The highest BCUT2D eigenvalue weighted by Gasteiger charge is 2.00. The maximum Gasteiger partial charge on any atom is -0.0193 e. The number of rotatable bonds is 8. The molecule has 0 aliphatic heterocycles. The van der Waals surface area contributed by atoms with Gasteiger partial charge in [0.15, 0.2) is 0 Å². The molecule has 1 atom stereocenters.